The van der Waals surface area contributed by atoms with Crippen molar-refractivity contribution in [1.82, 2.24) is 10.6 Å². The van der Waals surface area contributed by atoms with Crippen molar-refractivity contribution in [3.05, 3.63) is 82.8 Å². The first-order valence-corrected chi connectivity index (χ1v) is 10.9. The molecule has 1 aliphatic heterocycles. The minimum absolute atomic E-state index is 0.0585. The van der Waals surface area contributed by atoms with Crippen LogP contribution in [0, 0.1) is 0 Å². The first-order chi connectivity index (χ1) is 13.6. The average Bonchev–Trinajstić information content (AvgIpc) is 3.15. The van der Waals surface area contributed by atoms with Crippen LogP contribution in [0.15, 0.2) is 78.4 Å². The molecule has 0 unspecified atom stereocenters. The molecule has 3 aromatic rings. The zero-order valence-corrected chi connectivity index (χ0v) is 17.3. The molecule has 0 saturated carbocycles. The summed E-state index contributed by atoms with van der Waals surface area (Å²) in [5, 5.41) is 5.19. The van der Waals surface area contributed by atoms with E-state index in [0.717, 1.165) is 20.4 Å². The normalized spacial score (nSPS) is 16.3. The van der Waals surface area contributed by atoms with Gasteiger partial charge in [-0.2, -0.15) is 0 Å². The van der Waals surface area contributed by atoms with Gasteiger partial charge >= 0.3 is 174 Å². The Bertz CT molecular complexity index is 975. The SMILES string of the molecule is O=C1NC(S)NC(=O)C1=Cc1ccc(N(c2ccccc2)c2ccccc2)[se]1. The number of nitrogens with one attached hydrogen (secondary N) is 2. The molecular weight excluding hydrogens is 437 g/mol. The molecular formula is C21H17N3O2SSe. The number of thiol groups is 1. The van der Waals surface area contributed by atoms with E-state index in [1.165, 1.54) is 0 Å². The van der Waals surface area contributed by atoms with Crippen molar-refractivity contribution in [2.45, 2.75) is 5.50 Å². The Morgan fingerprint density at radius 3 is 1.89 bits per heavy atom. The van der Waals surface area contributed by atoms with Crippen LogP contribution in [0.5, 0.6) is 0 Å². The van der Waals surface area contributed by atoms with E-state index in [9.17, 15) is 9.59 Å². The molecule has 0 atom stereocenters. The topological polar surface area (TPSA) is 61.4 Å². The maximum absolute atomic E-state index is 12.1. The molecule has 2 aromatic carbocycles. The van der Waals surface area contributed by atoms with Crippen LogP contribution < -0.4 is 15.5 Å². The van der Waals surface area contributed by atoms with Crippen LogP contribution in [0.4, 0.5) is 15.9 Å². The van der Waals surface area contributed by atoms with Gasteiger partial charge in [0.1, 0.15) is 0 Å². The molecule has 2 N–H and O–H groups in total. The molecule has 4 rings (SSSR count). The molecule has 0 aliphatic carbocycles. The number of carbonyl (C=O) groups is 2. The van der Waals surface area contributed by atoms with E-state index in [1.54, 1.807) is 6.08 Å². The first kappa shape index (κ1) is 18.6. The second-order valence-electron chi connectivity index (χ2n) is 6.09. The van der Waals surface area contributed by atoms with E-state index < -0.39 is 17.3 Å². The van der Waals surface area contributed by atoms with Gasteiger partial charge in [-0.15, -0.1) is 0 Å². The molecule has 1 aliphatic rings. The van der Waals surface area contributed by atoms with Gasteiger partial charge in [0.05, 0.1) is 0 Å². The van der Waals surface area contributed by atoms with E-state index in [2.05, 4.69) is 52.4 Å². The molecule has 28 heavy (non-hydrogen) atoms. The van der Waals surface area contributed by atoms with Crippen molar-refractivity contribution >= 4 is 61.0 Å². The third kappa shape index (κ3) is 3.92. The van der Waals surface area contributed by atoms with Gasteiger partial charge in [-0.3, -0.25) is 0 Å². The van der Waals surface area contributed by atoms with Crippen molar-refractivity contribution in [3.63, 3.8) is 0 Å². The van der Waals surface area contributed by atoms with Crippen LogP contribution in [-0.2, 0) is 9.59 Å². The molecule has 1 saturated heterocycles. The second-order valence-corrected chi connectivity index (χ2v) is 8.90. The fraction of sp³-hybridized carbons (Fsp3) is 0.0476. The van der Waals surface area contributed by atoms with Crippen molar-refractivity contribution in [1.29, 1.82) is 0 Å². The van der Waals surface area contributed by atoms with Crippen LogP contribution in [0.1, 0.15) is 4.44 Å². The summed E-state index contributed by atoms with van der Waals surface area (Å²) in [6, 6.07) is 24.3. The number of rotatable bonds is 4. The maximum atomic E-state index is 12.1. The Morgan fingerprint density at radius 2 is 1.36 bits per heavy atom. The number of benzene rings is 2. The monoisotopic (exact) mass is 455 g/mol. The van der Waals surface area contributed by atoms with Crippen molar-refractivity contribution in [2.75, 3.05) is 4.90 Å². The quantitative estimate of drug-likeness (QED) is 0.246. The summed E-state index contributed by atoms with van der Waals surface area (Å²) in [4.78, 5) is 26.4. The molecule has 2 amide bonds. The molecule has 0 spiro atoms. The Morgan fingerprint density at radius 1 is 0.821 bits per heavy atom. The number of hydrogen-bond donors (Lipinski definition) is 3. The Kier molecular flexibility index (Phi) is 5.39. The van der Waals surface area contributed by atoms with Crippen molar-refractivity contribution in [2.24, 2.45) is 0 Å². The summed E-state index contributed by atoms with van der Waals surface area (Å²) >= 11 is 4.01. The Labute approximate surface area is 174 Å². The Balaban J connectivity index is 1.71. The fourth-order valence-electron chi connectivity index (χ4n) is 2.91. The molecule has 5 nitrogen and oxygen atoms in total. The van der Waals surface area contributed by atoms with Gasteiger partial charge in [0.2, 0.25) is 0 Å². The van der Waals surface area contributed by atoms with E-state index in [-0.39, 0.29) is 20.1 Å². The van der Waals surface area contributed by atoms with Gasteiger partial charge in [-0.1, -0.05) is 0 Å². The van der Waals surface area contributed by atoms with Crippen LogP contribution in [0.3, 0.4) is 0 Å². The molecule has 1 aromatic heterocycles. The standard InChI is InChI=1S/C21H17N3O2SSe/c25-19-17(20(26)23-21(27)22-19)13-16-11-12-18(28-16)24(14-7-3-1-4-8-14)15-9-5-2-6-10-15/h1-13,21,27H,(H,22,25)(H,23,26). The van der Waals surface area contributed by atoms with E-state index in [4.69, 9.17) is 0 Å². The van der Waals surface area contributed by atoms with E-state index in [0.29, 0.717) is 0 Å². The zero-order valence-electron chi connectivity index (χ0n) is 14.7. The van der Waals surface area contributed by atoms with Crippen molar-refractivity contribution < 1.29 is 9.59 Å². The third-order valence-electron chi connectivity index (χ3n) is 4.17. The Hall–Kier alpha value is -2.73. The summed E-state index contributed by atoms with van der Waals surface area (Å²) in [5.41, 5.74) is 1.59. The zero-order chi connectivity index (χ0) is 19.5. The van der Waals surface area contributed by atoms with Crippen LogP contribution in [-0.4, -0.2) is 31.8 Å². The van der Waals surface area contributed by atoms with Crippen LogP contribution in [0.25, 0.3) is 6.08 Å². The van der Waals surface area contributed by atoms with Gasteiger partial charge in [0.25, 0.3) is 0 Å². The molecule has 2 heterocycles. The summed E-state index contributed by atoms with van der Waals surface area (Å²) in [5.74, 6) is -0.811. The number of anilines is 3. The predicted octanol–water partition coefficient (Wildman–Crippen LogP) is 3.06. The summed E-state index contributed by atoms with van der Waals surface area (Å²) in [6.07, 6.45) is 1.67. The summed E-state index contributed by atoms with van der Waals surface area (Å²) < 4.78 is 2.08. The molecule has 0 radical (unpaired) electrons. The molecule has 7 heteroatoms. The van der Waals surface area contributed by atoms with Gasteiger partial charge < -0.3 is 0 Å². The summed E-state index contributed by atoms with van der Waals surface area (Å²) in [6.45, 7) is 0. The molecule has 0 bridgehead atoms. The third-order valence-corrected chi connectivity index (χ3v) is 6.57. The molecule has 140 valence electrons. The second kappa shape index (κ2) is 8.10. The number of amides is 2. The van der Waals surface area contributed by atoms with E-state index in [1.807, 2.05) is 48.5 Å². The molecule has 1 fully saturated rings. The van der Waals surface area contributed by atoms with Gasteiger partial charge in [0.15, 0.2) is 0 Å². The van der Waals surface area contributed by atoms with E-state index >= 15 is 0 Å². The minimum atomic E-state index is -0.652. The number of carbonyl (C=O) groups excluding carboxylic acids is 2. The van der Waals surface area contributed by atoms with Crippen LogP contribution in [0.2, 0.25) is 0 Å². The van der Waals surface area contributed by atoms with Crippen LogP contribution >= 0.6 is 12.6 Å². The number of hydrogen-bond acceptors (Lipinski definition) is 4. The fourth-order valence-corrected chi connectivity index (χ4v) is 5.23. The van der Waals surface area contributed by atoms with Gasteiger partial charge in [-0.25, -0.2) is 0 Å². The first-order valence-electron chi connectivity index (χ1n) is 8.63. The van der Waals surface area contributed by atoms with Gasteiger partial charge in [-0.05, 0) is 0 Å². The number of nitrogens with zero attached hydrogens (tertiary/aromatic N) is 1. The number of para-hydroxylation sites is 2. The average molecular weight is 454 g/mol. The predicted molar refractivity (Wildman–Crippen MR) is 115 cm³/mol. The summed E-state index contributed by atoms with van der Waals surface area (Å²) in [7, 11) is 0. The van der Waals surface area contributed by atoms with Gasteiger partial charge in [0, 0.05) is 0 Å². The van der Waals surface area contributed by atoms with Crippen molar-refractivity contribution in [3.8, 4) is 0 Å².